The normalized spacial score (nSPS) is 10.4. The van der Waals surface area contributed by atoms with Crippen LogP contribution in [0.3, 0.4) is 0 Å². The number of carbonyl (C=O) groups is 1. The second kappa shape index (κ2) is 10.8. The summed E-state index contributed by atoms with van der Waals surface area (Å²) in [4.78, 5) is 25.3. The molecule has 0 aliphatic heterocycles. The summed E-state index contributed by atoms with van der Waals surface area (Å²) in [7, 11) is 0. The van der Waals surface area contributed by atoms with Gasteiger partial charge < -0.3 is 20.7 Å². The highest BCUT2D eigenvalue weighted by Crippen LogP contribution is 2.27. The maximum absolute atomic E-state index is 12.2. The van der Waals surface area contributed by atoms with Crippen LogP contribution >= 0.6 is 23.2 Å². The van der Waals surface area contributed by atoms with Gasteiger partial charge in [-0.3, -0.25) is 4.79 Å². The van der Waals surface area contributed by atoms with Crippen LogP contribution < -0.4 is 20.7 Å². The lowest BCUT2D eigenvalue weighted by atomic mass is 10.2. The van der Waals surface area contributed by atoms with Gasteiger partial charge >= 0.3 is 0 Å². The van der Waals surface area contributed by atoms with E-state index < -0.39 is 0 Å². The van der Waals surface area contributed by atoms with Gasteiger partial charge in [0.1, 0.15) is 29.0 Å². The maximum Gasteiger partial charge on any atom is 0.262 e. The summed E-state index contributed by atoms with van der Waals surface area (Å²) >= 11 is 11.9. The van der Waals surface area contributed by atoms with Gasteiger partial charge in [-0.1, -0.05) is 29.3 Å². The average Bonchev–Trinajstić information content (AvgIpc) is 2.80. The summed E-state index contributed by atoms with van der Waals surface area (Å²) < 4.78 is 5.45. The Bertz CT molecular complexity index is 1290. The number of amides is 1. The summed E-state index contributed by atoms with van der Waals surface area (Å²) in [6.45, 7) is 1.63. The second-order valence-corrected chi connectivity index (χ2v) is 7.98. The van der Waals surface area contributed by atoms with Crippen LogP contribution in [0.2, 0.25) is 10.0 Å². The zero-order valence-corrected chi connectivity index (χ0v) is 19.6. The first kappa shape index (κ1) is 23.3. The van der Waals surface area contributed by atoms with Crippen molar-refractivity contribution in [3.05, 3.63) is 88.8 Å². The number of pyridine rings is 1. The Morgan fingerprint density at radius 3 is 2.32 bits per heavy atom. The third kappa shape index (κ3) is 6.57. The van der Waals surface area contributed by atoms with E-state index in [-0.39, 0.29) is 12.5 Å². The number of anilines is 5. The molecule has 4 aromatic rings. The number of ether oxygens (including phenoxy) is 1. The van der Waals surface area contributed by atoms with Crippen molar-refractivity contribution in [1.29, 1.82) is 0 Å². The van der Waals surface area contributed by atoms with Gasteiger partial charge in [-0.2, -0.15) is 0 Å². The monoisotopic (exact) mass is 494 g/mol. The number of halogens is 2. The van der Waals surface area contributed by atoms with Crippen LogP contribution in [0.4, 0.5) is 28.8 Å². The lowest BCUT2D eigenvalue weighted by Crippen LogP contribution is -2.20. The minimum Gasteiger partial charge on any atom is -0.482 e. The van der Waals surface area contributed by atoms with Gasteiger partial charge in [-0.05, 0) is 61.5 Å². The van der Waals surface area contributed by atoms with Gasteiger partial charge in [0.25, 0.3) is 5.91 Å². The number of nitrogens with one attached hydrogen (secondary N) is 3. The molecule has 0 bridgehead atoms. The fourth-order valence-electron chi connectivity index (χ4n) is 2.98. The first-order valence-corrected chi connectivity index (χ1v) is 11.0. The molecule has 34 heavy (non-hydrogen) atoms. The number of aryl methyl sites for hydroxylation is 1. The molecule has 0 spiro atoms. The second-order valence-electron chi connectivity index (χ2n) is 7.14. The topological polar surface area (TPSA) is 101 Å². The number of aromatic nitrogens is 3. The van der Waals surface area contributed by atoms with Crippen LogP contribution in [0, 0.1) is 6.92 Å². The van der Waals surface area contributed by atoms with Crippen molar-refractivity contribution >= 4 is 57.9 Å². The Hall–Kier alpha value is -3.88. The van der Waals surface area contributed by atoms with Crippen LogP contribution in [0.25, 0.3) is 0 Å². The van der Waals surface area contributed by atoms with Gasteiger partial charge in [0, 0.05) is 28.7 Å². The average molecular weight is 495 g/mol. The summed E-state index contributed by atoms with van der Waals surface area (Å²) in [5.41, 5.74) is 1.42. The molecule has 8 nitrogen and oxygen atoms in total. The number of rotatable bonds is 8. The van der Waals surface area contributed by atoms with Crippen molar-refractivity contribution < 1.29 is 9.53 Å². The Labute approximate surface area is 206 Å². The van der Waals surface area contributed by atoms with Crippen LogP contribution in [-0.4, -0.2) is 27.5 Å². The van der Waals surface area contributed by atoms with Crippen molar-refractivity contribution in [2.75, 3.05) is 22.6 Å². The van der Waals surface area contributed by atoms with E-state index in [1.165, 1.54) is 0 Å². The zero-order chi connectivity index (χ0) is 23.9. The van der Waals surface area contributed by atoms with Crippen LogP contribution in [0.5, 0.6) is 5.75 Å². The van der Waals surface area contributed by atoms with E-state index in [1.54, 1.807) is 42.6 Å². The van der Waals surface area contributed by atoms with E-state index in [4.69, 9.17) is 27.9 Å². The van der Waals surface area contributed by atoms with E-state index in [0.717, 1.165) is 5.69 Å². The number of nitrogens with zero attached hydrogens (tertiary/aromatic N) is 3. The van der Waals surface area contributed by atoms with Crippen molar-refractivity contribution in [3.8, 4) is 5.75 Å². The van der Waals surface area contributed by atoms with E-state index in [2.05, 4.69) is 30.9 Å². The fraction of sp³-hybridized carbons (Fsp3) is 0.0833. The number of hydrogen-bond donors (Lipinski definition) is 3. The molecule has 0 fully saturated rings. The molecular weight excluding hydrogens is 475 g/mol. The predicted octanol–water partition coefficient (Wildman–Crippen LogP) is 5.99. The van der Waals surface area contributed by atoms with Crippen LogP contribution in [-0.2, 0) is 4.79 Å². The molecule has 1 amide bonds. The molecule has 4 rings (SSSR count). The summed E-state index contributed by atoms with van der Waals surface area (Å²) in [5.74, 6) is 2.61. The molecule has 3 N–H and O–H groups in total. The molecule has 0 aliphatic carbocycles. The van der Waals surface area contributed by atoms with Gasteiger partial charge in [-0.25, -0.2) is 15.0 Å². The Balaban J connectivity index is 1.34. The minimum atomic E-state index is -0.316. The lowest BCUT2D eigenvalue weighted by Gasteiger charge is -2.11. The molecule has 0 unspecified atom stereocenters. The van der Waals surface area contributed by atoms with E-state index in [0.29, 0.717) is 44.8 Å². The highest BCUT2D eigenvalue weighted by atomic mass is 35.5. The Kier molecular flexibility index (Phi) is 7.41. The molecule has 0 atom stereocenters. The summed E-state index contributed by atoms with van der Waals surface area (Å²) in [6.07, 6.45) is 1.70. The van der Waals surface area contributed by atoms with E-state index >= 15 is 0 Å². The summed E-state index contributed by atoms with van der Waals surface area (Å²) in [6, 6.07) is 19.4. The predicted molar refractivity (Wildman–Crippen MR) is 135 cm³/mol. The van der Waals surface area contributed by atoms with Crippen molar-refractivity contribution in [2.24, 2.45) is 0 Å². The third-order valence-corrected chi connectivity index (χ3v) is 4.98. The highest BCUT2D eigenvalue weighted by Gasteiger charge is 2.08. The van der Waals surface area contributed by atoms with Crippen LogP contribution in [0.15, 0.2) is 72.9 Å². The number of hydrogen-bond acceptors (Lipinski definition) is 7. The fourth-order valence-corrected chi connectivity index (χ4v) is 3.44. The SMILES string of the molecule is Cc1nc(Nc2ccc(NC(=O)COc3ccc(Cl)cc3Cl)cc2)cc(Nc2ccccn2)n1. The van der Waals surface area contributed by atoms with Crippen molar-refractivity contribution in [3.63, 3.8) is 0 Å². The lowest BCUT2D eigenvalue weighted by molar-refractivity contribution is -0.118. The maximum atomic E-state index is 12.2. The van der Waals surface area contributed by atoms with Gasteiger partial charge in [0.2, 0.25) is 0 Å². The molecule has 10 heteroatoms. The Morgan fingerprint density at radius 1 is 0.882 bits per heavy atom. The van der Waals surface area contributed by atoms with Gasteiger partial charge in [0.05, 0.1) is 5.02 Å². The molecule has 2 aromatic heterocycles. The van der Waals surface area contributed by atoms with Gasteiger partial charge in [-0.15, -0.1) is 0 Å². The standard InChI is InChI=1S/C24H20Cl2N6O2/c1-15-28-22(13-23(29-15)32-21-4-2-3-11-27-21)30-17-6-8-18(9-7-17)31-24(33)14-34-20-10-5-16(25)12-19(20)26/h2-13H,14H2,1H3,(H,31,33)(H2,27,28,29,30,32). The smallest absolute Gasteiger partial charge is 0.262 e. The summed E-state index contributed by atoms with van der Waals surface area (Å²) in [5, 5.41) is 10.0. The van der Waals surface area contributed by atoms with E-state index in [9.17, 15) is 4.79 Å². The quantitative estimate of drug-likeness (QED) is 0.276. The molecule has 0 saturated carbocycles. The third-order valence-electron chi connectivity index (χ3n) is 4.45. The molecule has 2 heterocycles. The molecule has 172 valence electrons. The highest BCUT2D eigenvalue weighted by molar-refractivity contribution is 6.35. The zero-order valence-electron chi connectivity index (χ0n) is 18.0. The molecular formula is C24H20Cl2N6O2. The van der Waals surface area contributed by atoms with Crippen LogP contribution in [0.1, 0.15) is 5.82 Å². The van der Waals surface area contributed by atoms with Gasteiger partial charge in [0.15, 0.2) is 6.61 Å². The molecule has 0 aliphatic rings. The molecule has 0 saturated heterocycles. The molecule has 2 aromatic carbocycles. The Morgan fingerprint density at radius 2 is 1.62 bits per heavy atom. The van der Waals surface area contributed by atoms with Crippen molar-refractivity contribution in [1.82, 2.24) is 15.0 Å². The minimum absolute atomic E-state index is 0.187. The first-order valence-electron chi connectivity index (χ1n) is 10.2. The molecule has 0 radical (unpaired) electrons. The first-order chi connectivity index (χ1) is 16.4. The largest absolute Gasteiger partial charge is 0.482 e. The van der Waals surface area contributed by atoms with Crippen molar-refractivity contribution in [2.45, 2.75) is 6.92 Å². The van der Waals surface area contributed by atoms with E-state index in [1.807, 2.05) is 37.3 Å². The number of benzene rings is 2. The number of carbonyl (C=O) groups excluding carboxylic acids is 1.